The highest BCUT2D eigenvalue weighted by Crippen LogP contribution is 2.44. The van der Waals surface area contributed by atoms with E-state index in [1.54, 1.807) is 11.3 Å². The number of hydrogen-bond donors (Lipinski definition) is 0. The molecule has 0 fully saturated rings. The fourth-order valence-corrected chi connectivity index (χ4v) is 6.80. The Morgan fingerprint density at radius 3 is 1.91 bits per heavy atom. The summed E-state index contributed by atoms with van der Waals surface area (Å²) in [6.45, 7) is 0. The number of benzene rings is 6. The van der Waals surface area contributed by atoms with Crippen molar-refractivity contribution in [2.45, 2.75) is 0 Å². The molecule has 0 aliphatic rings. The van der Waals surface area contributed by atoms with Gasteiger partial charge in [0.25, 0.3) is 0 Å². The number of hydrogen-bond acceptors (Lipinski definition) is 5. The molecule has 0 atom stereocenters. The highest BCUT2D eigenvalue weighted by atomic mass is 32.1. The van der Waals surface area contributed by atoms with Gasteiger partial charge in [-0.05, 0) is 41.4 Å². The lowest BCUT2D eigenvalue weighted by Crippen LogP contribution is -2.00. The van der Waals surface area contributed by atoms with Crippen LogP contribution in [0.3, 0.4) is 0 Å². The van der Waals surface area contributed by atoms with Crippen molar-refractivity contribution in [2.24, 2.45) is 0 Å². The van der Waals surface area contributed by atoms with Gasteiger partial charge in [0.2, 0.25) is 0 Å². The molecule has 0 spiro atoms. The molecule has 5 heteroatoms. The maximum atomic E-state index is 9.41. The lowest BCUT2D eigenvalue weighted by molar-refractivity contribution is 0.669. The van der Waals surface area contributed by atoms with Crippen LogP contribution < -0.4 is 0 Å². The number of furan rings is 1. The Kier molecular flexibility index (Phi) is 4.42. The highest BCUT2D eigenvalue weighted by Gasteiger charge is 2.18. The van der Waals surface area contributed by atoms with Crippen LogP contribution in [0.1, 0.15) is 8.22 Å². The second kappa shape index (κ2) is 9.97. The first-order chi connectivity index (χ1) is 24.3. The molecule has 206 valence electrons. The van der Waals surface area contributed by atoms with Crippen LogP contribution in [0.5, 0.6) is 0 Å². The first-order valence-electron chi connectivity index (χ1n) is 17.1. The molecule has 9 rings (SSSR count). The molecular formula is C39H23N3OS. The van der Waals surface area contributed by atoms with Crippen LogP contribution in [-0.2, 0) is 0 Å². The molecule has 0 unspecified atom stereocenters. The van der Waals surface area contributed by atoms with Crippen molar-refractivity contribution in [1.82, 2.24) is 15.0 Å². The summed E-state index contributed by atoms with van der Waals surface area (Å²) in [4.78, 5) is 14.1. The average molecular weight is 588 g/mol. The number of rotatable bonds is 4. The summed E-state index contributed by atoms with van der Waals surface area (Å²) < 4.78 is 63.1. The number of aromatic nitrogens is 3. The number of nitrogens with zero attached hydrogens (tertiary/aromatic N) is 3. The zero-order chi connectivity index (χ0) is 34.3. The third kappa shape index (κ3) is 4.02. The van der Waals surface area contributed by atoms with Crippen LogP contribution in [0.15, 0.2) is 144 Å². The Morgan fingerprint density at radius 1 is 0.500 bits per heavy atom. The molecule has 0 N–H and O–H groups in total. The van der Waals surface area contributed by atoms with Gasteiger partial charge in [-0.2, -0.15) is 0 Å². The van der Waals surface area contributed by atoms with Gasteiger partial charge in [0.05, 0.1) is 8.22 Å². The predicted octanol–water partition coefficient (Wildman–Crippen LogP) is 10.8. The van der Waals surface area contributed by atoms with E-state index in [0.717, 1.165) is 20.2 Å². The average Bonchev–Trinajstić information content (AvgIpc) is 3.74. The van der Waals surface area contributed by atoms with Crippen molar-refractivity contribution in [3.63, 3.8) is 0 Å². The summed E-state index contributed by atoms with van der Waals surface area (Å²) in [5.74, 6) is 0.717. The maximum Gasteiger partial charge on any atom is 0.164 e. The van der Waals surface area contributed by atoms with E-state index >= 15 is 0 Å². The van der Waals surface area contributed by atoms with E-state index in [9.17, 15) is 4.11 Å². The second-order valence-electron chi connectivity index (χ2n) is 10.3. The van der Waals surface area contributed by atoms with Crippen molar-refractivity contribution in [3.05, 3.63) is 139 Å². The summed E-state index contributed by atoms with van der Waals surface area (Å²) in [6.07, 6.45) is 0. The fraction of sp³-hybridized carbons (Fsp3) is 0. The van der Waals surface area contributed by atoms with Gasteiger partial charge in [0.1, 0.15) is 11.2 Å². The van der Waals surface area contributed by atoms with Crippen LogP contribution in [-0.4, -0.2) is 15.0 Å². The minimum atomic E-state index is -0.329. The maximum absolute atomic E-state index is 9.41. The summed E-state index contributed by atoms with van der Waals surface area (Å²) >= 11 is 1.62. The molecule has 0 saturated heterocycles. The summed E-state index contributed by atoms with van der Waals surface area (Å²) in [7, 11) is 0. The van der Waals surface area contributed by atoms with Gasteiger partial charge in [0.15, 0.2) is 17.5 Å². The van der Waals surface area contributed by atoms with Gasteiger partial charge in [0, 0.05) is 47.6 Å². The van der Waals surface area contributed by atoms with Gasteiger partial charge in [-0.3, -0.25) is 0 Å². The molecule has 4 nitrogen and oxygen atoms in total. The molecule has 0 amide bonds. The van der Waals surface area contributed by atoms with Gasteiger partial charge in [-0.25, -0.2) is 15.0 Å². The molecule has 0 saturated carbocycles. The van der Waals surface area contributed by atoms with Crippen molar-refractivity contribution in [1.29, 1.82) is 0 Å². The minimum absolute atomic E-state index is 0.0170. The molecule has 3 heterocycles. The smallest absolute Gasteiger partial charge is 0.164 e. The van der Waals surface area contributed by atoms with Crippen LogP contribution >= 0.6 is 11.3 Å². The normalized spacial score (nSPS) is 13.5. The summed E-state index contributed by atoms with van der Waals surface area (Å²) in [5, 5.41) is 2.27. The lowest BCUT2D eigenvalue weighted by atomic mass is 9.95. The molecule has 44 heavy (non-hydrogen) atoms. The summed E-state index contributed by atoms with van der Waals surface area (Å²) in [6, 6.07) is 30.8. The van der Waals surface area contributed by atoms with Gasteiger partial charge >= 0.3 is 0 Å². The fourth-order valence-electron chi connectivity index (χ4n) is 5.66. The molecule has 0 bridgehead atoms. The monoisotopic (exact) mass is 587 g/mol. The topological polar surface area (TPSA) is 51.8 Å². The number of thiophene rings is 1. The van der Waals surface area contributed by atoms with E-state index in [-0.39, 0.29) is 69.6 Å². The predicted molar refractivity (Wildman–Crippen MR) is 182 cm³/mol. The van der Waals surface area contributed by atoms with Gasteiger partial charge in [-0.15, -0.1) is 11.3 Å². The first-order valence-corrected chi connectivity index (χ1v) is 14.9. The highest BCUT2D eigenvalue weighted by molar-refractivity contribution is 7.25. The van der Waals surface area contributed by atoms with Gasteiger partial charge < -0.3 is 4.42 Å². The van der Waals surface area contributed by atoms with Gasteiger partial charge in [-0.1, -0.05) is 109 Å². The Labute approximate surface area is 265 Å². The van der Waals surface area contributed by atoms with Crippen LogP contribution in [0.25, 0.3) is 87.4 Å². The first kappa shape index (κ1) is 19.5. The van der Waals surface area contributed by atoms with Crippen molar-refractivity contribution in [3.8, 4) is 45.3 Å². The molecular weight excluding hydrogens is 559 g/mol. The van der Waals surface area contributed by atoms with Crippen LogP contribution in [0, 0.1) is 0 Å². The Balaban J connectivity index is 1.37. The van der Waals surface area contributed by atoms with E-state index in [0.29, 0.717) is 33.9 Å². The zero-order valence-corrected chi connectivity index (χ0v) is 23.8. The molecule has 6 aromatic carbocycles. The van der Waals surface area contributed by atoms with E-state index in [2.05, 4.69) is 0 Å². The van der Waals surface area contributed by atoms with E-state index in [4.69, 9.17) is 23.5 Å². The molecule has 0 aliphatic carbocycles. The van der Waals surface area contributed by atoms with Crippen molar-refractivity contribution < 1.29 is 12.6 Å². The van der Waals surface area contributed by atoms with E-state index in [1.165, 1.54) is 0 Å². The molecule has 0 radical (unpaired) electrons. The minimum Gasteiger partial charge on any atom is -0.456 e. The van der Waals surface area contributed by atoms with E-state index < -0.39 is 0 Å². The Bertz CT molecular complexity index is 2780. The van der Waals surface area contributed by atoms with E-state index in [1.807, 2.05) is 103 Å². The van der Waals surface area contributed by atoms with Crippen molar-refractivity contribution >= 4 is 53.4 Å². The van der Waals surface area contributed by atoms with Crippen LogP contribution in [0.4, 0.5) is 0 Å². The third-order valence-electron chi connectivity index (χ3n) is 7.67. The van der Waals surface area contributed by atoms with Crippen molar-refractivity contribution in [2.75, 3.05) is 0 Å². The summed E-state index contributed by atoms with van der Waals surface area (Å²) in [5.41, 5.74) is 2.34. The number of fused-ring (bicyclic) bond motifs is 6. The molecule has 9 aromatic rings. The molecule has 3 aromatic heterocycles. The lowest BCUT2D eigenvalue weighted by Gasteiger charge is -2.08. The van der Waals surface area contributed by atoms with Crippen LogP contribution in [0.2, 0.25) is 0 Å². The Morgan fingerprint density at radius 2 is 1.16 bits per heavy atom. The standard InChI is InChI=1S/C39H23N3OS/c1-3-11-24(12-4-1)37-40-38(25-13-5-2-6-14-25)42-39(41-37)26-21-22-29-32(23-26)43-31-18-9-16-27(35(29)31)28-17-10-20-34-36(28)30-15-7-8-19-33(30)44-34/h1-23H/i9D,16D,18D,21D,22D,23D. The SMILES string of the molecule is [2H]c1c([2H])c(-c2cccc3sc4ccccc4c23)c2c(oc3c([2H])c(-c4nc(-c5ccccc5)nc(-c5ccccc5)n4)c([2H])c([2H])c32)c1[2H]. The Hall–Kier alpha value is -5.65. The molecule has 0 aliphatic heterocycles. The second-order valence-corrected chi connectivity index (χ2v) is 11.4. The quantitative estimate of drug-likeness (QED) is 0.205. The largest absolute Gasteiger partial charge is 0.456 e. The zero-order valence-electron chi connectivity index (χ0n) is 29.0. The third-order valence-corrected chi connectivity index (χ3v) is 8.80.